The second kappa shape index (κ2) is 5.38. The van der Waals surface area contributed by atoms with Gasteiger partial charge in [-0.3, -0.25) is 0 Å². The van der Waals surface area contributed by atoms with Crippen LogP contribution in [0, 0.1) is 0 Å². The van der Waals surface area contributed by atoms with Crippen LogP contribution in [0.2, 0.25) is 0 Å². The Bertz CT molecular complexity index is 385. The van der Waals surface area contributed by atoms with E-state index in [1.165, 1.54) is 12.7 Å². The molecule has 2 aromatic rings. The van der Waals surface area contributed by atoms with Gasteiger partial charge in [0.05, 0.1) is 0 Å². The number of aromatic nitrogens is 3. The summed E-state index contributed by atoms with van der Waals surface area (Å²) in [6.07, 6.45) is 2.70. The highest BCUT2D eigenvalue weighted by Gasteiger charge is 1.81. The Morgan fingerprint density at radius 1 is 0.867 bits per heavy atom. The van der Waals surface area contributed by atoms with E-state index in [1.807, 2.05) is 6.07 Å². The third-order valence-corrected chi connectivity index (χ3v) is 1.42. The van der Waals surface area contributed by atoms with Crippen molar-refractivity contribution in [3.05, 3.63) is 36.9 Å². The molecule has 1 aromatic carbocycles. The first-order valence-electron chi connectivity index (χ1n) is 4.17. The fraction of sp³-hybridized carbons (Fsp3) is 0. The summed E-state index contributed by atoms with van der Waals surface area (Å²) in [6.45, 7) is 0. The number of hydrogen-bond acceptors (Lipinski definition) is 6. The van der Waals surface area contributed by atoms with Crippen molar-refractivity contribution in [1.82, 2.24) is 15.0 Å². The third kappa shape index (κ3) is 4.41. The van der Waals surface area contributed by atoms with E-state index in [9.17, 15) is 0 Å². The average Bonchev–Trinajstić information content (AvgIpc) is 2.19. The maximum Gasteiger partial charge on any atom is 0.222 e. The number of anilines is 3. The highest BCUT2D eigenvalue weighted by Crippen LogP contribution is 2.06. The van der Waals surface area contributed by atoms with Gasteiger partial charge >= 0.3 is 0 Å². The molecule has 15 heavy (non-hydrogen) atoms. The lowest BCUT2D eigenvalue weighted by Crippen LogP contribution is -1.92. The summed E-state index contributed by atoms with van der Waals surface area (Å²) >= 11 is 0. The molecular weight excluding hydrogens is 192 g/mol. The summed E-state index contributed by atoms with van der Waals surface area (Å²) in [7, 11) is 0. The number of benzene rings is 1. The minimum Gasteiger partial charge on any atom is -0.399 e. The summed E-state index contributed by atoms with van der Waals surface area (Å²) in [5.74, 6) is 0.259. The molecule has 0 aliphatic rings. The Labute approximate surface area is 87.2 Å². The zero-order valence-electron chi connectivity index (χ0n) is 8.04. The topological polar surface area (TPSA) is 117 Å². The average molecular weight is 204 g/mol. The lowest BCUT2D eigenvalue weighted by molar-refractivity contribution is 1.06. The molecule has 0 aliphatic carbocycles. The second-order valence-electron chi connectivity index (χ2n) is 2.67. The molecular formula is C9H12N6. The Morgan fingerprint density at radius 2 is 1.40 bits per heavy atom. The molecule has 0 amide bonds. The van der Waals surface area contributed by atoms with Crippen LogP contribution in [0.25, 0.3) is 0 Å². The normalized spacial score (nSPS) is 8.80. The molecule has 0 saturated heterocycles. The van der Waals surface area contributed by atoms with Crippen LogP contribution in [0.5, 0.6) is 0 Å². The van der Waals surface area contributed by atoms with E-state index in [2.05, 4.69) is 15.0 Å². The number of nitrogens with two attached hydrogens (primary N) is 3. The van der Waals surface area contributed by atoms with Gasteiger partial charge in [0.1, 0.15) is 12.7 Å². The van der Waals surface area contributed by atoms with Crippen LogP contribution >= 0.6 is 0 Å². The monoisotopic (exact) mass is 204 g/mol. The number of nitrogens with zero attached hydrogens (tertiary/aromatic N) is 3. The largest absolute Gasteiger partial charge is 0.399 e. The van der Waals surface area contributed by atoms with E-state index < -0.39 is 0 Å². The molecule has 0 radical (unpaired) electrons. The van der Waals surface area contributed by atoms with Crippen molar-refractivity contribution >= 4 is 17.3 Å². The van der Waals surface area contributed by atoms with E-state index in [4.69, 9.17) is 17.2 Å². The van der Waals surface area contributed by atoms with Gasteiger partial charge in [0.2, 0.25) is 5.95 Å². The lowest BCUT2D eigenvalue weighted by Gasteiger charge is -1.91. The predicted molar refractivity (Wildman–Crippen MR) is 59.5 cm³/mol. The smallest absolute Gasteiger partial charge is 0.222 e. The molecule has 6 heteroatoms. The lowest BCUT2D eigenvalue weighted by atomic mass is 10.3. The molecule has 2 rings (SSSR count). The van der Waals surface area contributed by atoms with Crippen LogP contribution < -0.4 is 17.2 Å². The molecule has 6 N–H and O–H groups in total. The van der Waals surface area contributed by atoms with Gasteiger partial charge in [-0.2, -0.15) is 0 Å². The van der Waals surface area contributed by atoms with E-state index in [0.717, 1.165) is 0 Å². The van der Waals surface area contributed by atoms with Gasteiger partial charge in [-0.15, -0.1) is 0 Å². The number of hydrogen-bond donors (Lipinski definition) is 3. The quantitative estimate of drug-likeness (QED) is 0.531. The summed E-state index contributed by atoms with van der Waals surface area (Å²) < 4.78 is 0. The SMILES string of the molecule is Nc1cccc(N)c1.Nc1ncncn1. The summed E-state index contributed by atoms with van der Waals surface area (Å²) in [5.41, 5.74) is 17.3. The molecule has 0 atom stereocenters. The van der Waals surface area contributed by atoms with Crippen LogP contribution in [0.1, 0.15) is 0 Å². The van der Waals surface area contributed by atoms with Crippen LogP contribution in [0.3, 0.4) is 0 Å². The predicted octanol–water partition coefficient (Wildman–Crippen LogP) is 0.305. The molecule has 0 bridgehead atoms. The molecule has 1 aromatic heterocycles. The van der Waals surface area contributed by atoms with Gasteiger partial charge in [0, 0.05) is 11.4 Å². The summed E-state index contributed by atoms with van der Waals surface area (Å²) in [5, 5.41) is 0. The number of nitrogen functional groups attached to an aromatic ring is 3. The molecule has 6 nitrogen and oxygen atoms in total. The zero-order valence-corrected chi connectivity index (χ0v) is 8.04. The first-order chi connectivity index (χ1) is 7.18. The van der Waals surface area contributed by atoms with Crippen LogP contribution in [-0.4, -0.2) is 15.0 Å². The summed E-state index contributed by atoms with van der Waals surface area (Å²) in [6, 6.07) is 7.15. The van der Waals surface area contributed by atoms with Crippen molar-refractivity contribution in [2.24, 2.45) is 0 Å². The van der Waals surface area contributed by atoms with E-state index in [-0.39, 0.29) is 5.95 Å². The molecule has 0 aliphatic heterocycles. The number of rotatable bonds is 0. The Balaban J connectivity index is 0.000000151. The minimum atomic E-state index is 0.259. The van der Waals surface area contributed by atoms with E-state index >= 15 is 0 Å². The van der Waals surface area contributed by atoms with Gasteiger partial charge in [0.25, 0.3) is 0 Å². The first kappa shape index (κ1) is 10.7. The van der Waals surface area contributed by atoms with Gasteiger partial charge in [0.15, 0.2) is 0 Å². The van der Waals surface area contributed by atoms with Crippen molar-refractivity contribution in [2.75, 3.05) is 17.2 Å². The molecule has 0 spiro atoms. The molecule has 0 fully saturated rings. The standard InChI is InChI=1S/C6H8N2.C3H4N4/c7-5-2-1-3-6(8)4-5;4-3-6-1-5-2-7-3/h1-4H,7-8H2;1-2H,(H2,4,5,6,7). The van der Waals surface area contributed by atoms with Crippen LogP contribution in [0.4, 0.5) is 17.3 Å². The Morgan fingerprint density at radius 3 is 1.67 bits per heavy atom. The second-order valence-corrected chi connectivity index (χ2v) is 2.67. The van der Waals surface area contributed by atoms with Crippen molar-refractivity contribution in [2.45, 2.75) is 0 Å². The fourth-order valence-electron chi connectivity index (χ4n) is 0.807. The van der Waals surface area contributed by atoms with Crippen molar-refractivity contribution in [1.29, 1.82) is 0 Å². The van der Waals surface area contributed by atoms with Gasteiger partial charge in [-0.25, -0.2) is 15.0 Å². The first-order valence-corrected chi connectivity index (χ1v) is 4.17. The van der Waals surface area contributed by atoms with Gasteiger partial charge in [-0.1, -0.05) is 6.07 Å². The van der Waals surface area contributed by atoms with Crippen molar-refractivity contribution in [3.63, 3.8) is 0 Å². The molecule has 1 heterocycles. The molecule has 0 unspecified atom stereocenters. The van der Waals surface area contributed by atoms with Crippen molar-refractivity contribution in [3.8, 4) is 0 Å². The van der Waals surface area contributed by atoms with Crippen LogP contribution in [-0.2, 0) is 0 Å². The molecule has 78 valence electrons. The Hall–Kier alpha value is -2.37. The van der Waals surface area contributed by atoms with Crippen LogP contribution in [0.15, 0.2) is 36.9 Å². The summed E-state index contributed by atoms with van der Waals surface area (Å²) in [4.78, 5) is 10.6. The minimum absolute atomic E-state index is 0.259. The van der Waals surface area contributed by atoms with Gasteiger partial charge in [-0.05, 0) is 18.2 Å². The highest BCUT2D eigenvalue weighted by molar-refractivity contribution is 5.50. The molecule has 0 saturated carbocycles. The highest BCUT2D eigenvalue weighted by atomic mass is 15.0. The van der Waals surface area contributed by atoms with E-state index in [0.29, 0.717) is 11.4 Å². The Kier molecular flexibility index (Phi) is 3.84. The maximum absolute atomic E-state index is 5.38. The van der Waals surface area contributed by atoms with Gasteiger partial charge < -0.3 is 17.2 Å². The third-order valence-electron chi connectivity index (χ3n) is 1.42. The van der Waals surface area contributed by atoms with Crippen molar-refractivity contribution < 1.29 is 0 Å². The zero-order chi connectivity index (χ0) is 11.1. The fourth-order valence-corrected chi connectivity index (χ4v) is 0.807. The maximum atomic E-state index is 5.38. The van der Waals surface area contributed by atoms with E-state index in [1.54, 1.807) is 18.2 Å².